The van der Waals surface area contributed by atoms with Crippen LogP contribution in [0.2, 0.25) is 0 Å². The number of carbonyl (C=O) groups excluding carboxylic acids is 1. The lowest BCUT2D eigenvalue weighted by Crippen LogP contribution is -2.32. The first-order valence-corrected chi connectivity index (χ1v) is 10.6. The van der Waals surface area contributed by atoms with Crippen molar-refractivity contribution >= 4 is 22.5 Å². The normalized spacial score (nSPS) is 14.8. The van der Waals surface area contributed by atoms with Crippen molar-refractivity contribution in [2.24, 2.45) is 0 Å². The summed E-state index contributed by atoms with van der Waals surface area (Å²) in [6, 6.07) is 15.9. The number of hydrogen-bond acceptors (Lipinski definition) is 3. The third-order valence-electron chi connectivity index (χ3n) is 5.59. The summed E-state index contributed by atoms with van der Waals surface area (Å²) in [6.07, 6.45) is 9.43. The minimum Gasteiger partial charge on any atom is -0.493 e. The smallest absolute Gasteiger partial charge is 0.259 e. The molecule has 0 aliphatic heterocycles. The van der Waals surface area contributed by atoms with Crippen LogP contribution in [0.25, 0.3) is 10.9 Å². The Bertz CT molecular complexity index is 944. The van der Waals surface area contributed by atoms with E-state index < -0.39 is 0 Å². The van der Waals surface area contributed by atoms with Gasteiger partial charge in [-0.25, -0.2) is 0 Å². The Kier molecular flexibility index (Phi) is 6.47. The number of rotatable bonds is 8. The molecule has 2 aromatic carbocycles. The number of fused-ring (bicyclic) bond motifs is 1. The van der Waals surface area contributed by atoms with Gasteiger partial charge in [0.1, 0.15) is 5.75 Å². The van der Waals surface area contributed by atoms with Gasteiger partial charge in [0.05, 0.1) is 17.9 Å². The molecule has 0 spiro atoms. The molecule has 0 atom stereocenters. The molecule has 1 aliphatic rings. The standard InChI is InChI=1S/C24H29N3O2/c28-24(27-22-12-6-11-21-19(22)14-16-26-21)20-10-4-5-13-23(20)29-17-7-15-25-18-8-2-1-3-9-18/h4-6,10-14,16,18,25-26H,1-3,7-9,15,17H2,(H,27,28). The Labute approximate surface area is 171 Å². The average molecular weight is 392 g/mol. The van der Waals surface area contributed by atoms with Crippen LogP contribution in [0.3, 0.4) is 0 Å². The summed E-state index contributed by atoms with van der Waals surface area (Å²) in [7, 11) is 0. The Balaban J connectivity index is 1.32. The van der Waals surface area contributed by atoms with E-state index in [2.05, 4.69) is 15.6 Å². The van der Waals surface area contributed by atoms with Crippen LogP contribution < -0.4 is 15.4 Å². The first-order chi connectivity index (χ1) is 14.3. The van der Waals surface area contributed by atoms with Gasteiger partial charge >= 0.3 is 0 Å². The molecule has 1 aromatic heterocycles. The average Bonchev–Trinajstić information content (AvgIpc) is 3.24. The number of aromatic amines is 1. The molecule has 5 nitrogen and oxygen atoms in total. The Hall–Kier alpha value is -2.79. The maximum Gasteiger partial charge on any atom is 0.259 e. The fourth-order valence-corrected chi connectivity index (χ4v) is 4.03. The van der Waals surface area contributed by atoms with E-state index in [0.29, 0.717) is 24.0 Å². The van der Waals surface area contributed by atoms with Gasteiger partial charge in [-0.1, -0.05) is 37.5 Å². The molecule has 1 saturated carbocycles. The molecule has 4 rings (SSSR count). The number of para-hydroxylation sites is 1. The predicted molar refractivity (Wildman–Crippen MR) is 118 cm³/mol. The van der Waals surface area contributed by atoms with E-state index in [1.165, 1.54) is 32.1 Å². The molecule has 1 fully saturated rings. The quantitative estimate of drug-likeness (QED) is 0.467. The van der Waals surface area contributed by atoms with E-state index in [-0.39, 0.29) is 5.91 Å². The van der Waals surface area contributed by atoms with Crippen molar-refractivity contribution in [1.82, 2.24) is 10.3 Å². The van der Waals surface area contributed by atoms with E-state index in [9.17, 15) is 4.79 Å². The molecular weight excluding hydrogens is 362 g/mol. The molecule has 1 aliphatic carbocycles. The van der Waals surface area contributed by atoms with Gasteiger partial charge in [0.25, 0.3) is 5.91 Å². The third kappa shape index (κ3) is 4.98. The highest BCUT2D eigenvalue weighted by Gasteiger charge is 2.14. The van der Waals surface area contributed by atoms with Gasteiger partial charge in [-0.15, -0.1) is 0 Å². The molecule has 1 amide bonds. The van der Waals surface area contributed by atoms with Crippen molar-refractivity contribution in [3.63, 3.8) is 0 Å². The van der Waals surface area contributed by atoms with E-state index in [4.69, 9.17) is 4.74 Å². The minimum atomic E-state index is -0.158. The van der Waals surface area contributed by atoms with Crippen molar-refractivity contribution in [3.8, 4) is 5.75 Å². The first-order valence-electron chi connectivity index (χ1n) is 10.6. The van der Waals surface area contributed by atoms with E-state index in [1.54, 1.807) is 0 Å². The number of ether oxygens (including phenoxy) is 1. The van der Waals surface area contributed by atoms with Crippen molar-refractivity contribution in [2.45, 2.75) is 44.6 Å². The van der Waals surface area contributed by atoms with Gasteiger partial charge in [0.2, 0.25) is 0 Å². The number of amides is 1. The molecule has 5 heteroatoms. The number of hydrogen-bond donors (Lipinski definition) is 3. The molecule has 0 unspecified atom stereocenters. The van der Waals surface area contributed by atoms with Crippen LogP contribution in [0.1, 0.15) is 48.9 Å². The largest absolute Gasteiger partial charge is 0.493 e. The molecular formula is C24H29N3O2. The number of H-pyrrole nitrogens is 1. The summed E-state index contributed by atoms with van der Waals surface area (Å²) >= 11 is 0. The molecule has 0 saturated heterocycles. The van der Waals surface area contributed by atoms with E-state index in [1.807, 2.05) is 54.7 Å². The van der Waals surface area contributed by atoms with Gasteiger partial charge in [-0.3, -0.25) is 4.79 Å². The second kappa shape index (κ2) is 9.61. The summed E-state index contributed by atoms with van der Waals surface area (Å²) < 4.78 is 5.95. The van der Waals surface area contributed by atoms with E-state index in [0.717, 1.165) is 29.6 Å². The zero-order valence-electron chi connectivity index (χ0n) is 16.7. The summed E-state index contributed by atoms with van der Waals surface area (Å²) in [6.45, 7) is 1.55. The molecule has 29 heavy (non-hydrogen) atoms. The fourth-order valence-electron chi connectivity index (χ4n) is 4.03. The summed E-state index contributed by atoms with van der Waals surface area (Å²) in [5, 5.41) is 7.64. The van der Waals surface area contributed by atoms with Crippen molar-refractivity contribution in [3.05, 3.63) is 60.3 Å². The monoisotopic (exact) mass is 391 g/mol. The molecule has 3 N–H and O–H groups in total. The second-order valence-corrected chi connectivity index (χ2v) is 7.69. The van der Waals surface area contributed by atoms with Crippen LogP contribution in [0.15, 0.2) is 54.7 Å². The number of anilines is 1. The van der Waals surface area contributed by atoms with E-state index >= 15 is 0 Å². The van der Waals surface area contributed by atoms with Crippen molar-refractivity contribution < 1.29 is 9.53 Å². The molecule has 0 radical (unpaired) electrons. The van der Waals surface area contributed by atoms with Gasteiger partial charge < -0.3 is 20.4 Å². The topological polar surface area (TPSA) is 66.2 Å². The van der Waals surface area contributed by atoms with Gasteiger partial charge in [0.15, 0.2) is 0 Å². The summed E-state index contributed by atoms with van der Waals surface area (Å²) in [5.41, 5.74) is 2.35. The zero-order valence-corrected chi connectivity index (χ0v) is 16.7. The Morgan fingerprint density at radius 2 is 1.90 bits per heavy atom. The minimum absolute atomic E-state index is 0.158. The highest BCUT2D eigenvalue weighted by atomic mass is 16.5. The van der Waals surface area contributed by atoms with Crippen molar-refractivity contribution in [1.29, 1.82) is 0 Å². The SMILES string of the molecule is O=C(Nc1cccc2[nH]ccc12)c1ccccc1OCCCNC1CCCCC1. The number of nitrogens with one attached hydrogen (secondary N) is 3. The molecule has 152 valence electrons. The third-order valence-corrected chi connectivity index (χ3v) is 5.59. The maximum atomic E-state index is 12.9. The number of carbonyl (C=O) groups is 1. The number of benzene rings is 2. The van der Waals surface area contributed by atoms with Crippen molar-refractivity contribution in [2.75, 3.05) is 18.5 Å². The summed E-state index contributed by atoms with van der Waals surface area (Å²) in [5.74, 6) is 0.471. The van der Waals surface area contributed by atoms with Crippen LogP contribution >= 0.6 is 0 Å². The Morgan fingerprint density at radius 1 is 1.03 bits per heavy atom. The van der Waals surface area contributed by atoms with Crippen LogP contribution in [-0.4, -0.2) is 30.1 Å². The highest BCUT2D eigenvalue weighted by Crippen LogP contribution is 2.25. The van der Waals surface area contributed by atoms with Crippen LogP contribution in [-0.2, 0) is 0 Å². The van der Waals surface area contributed by atoms with Gasteiger partial charge in [-0.2, -0.15) is 0 Å². The van der Waals surface area contributed by atoms with Gasteiger partial charge in [-0.05, 0) is 56.1 Å². The molecule has 0 bridgehead atoms. The molecule has 1 heterocycles. The second-order valence-electron chi connectivity index (χ2n) is 7.69. The maximum absolute atomic E-state index is 12.9. The highest BCUT2D eigenvalue weighted by molar-refractivity contribution is 6.10. The molecule has 3 aromatic rings. The van der Waals surface area contributed by atoms with Crippen LogP contribution in [0, 0.1) is 0 Å². The van der Waals surface area contributed by atoms with Crippen LogP contribution in [0.4, 0.5) is 5.69 Å². The first kappa shape index (κ1) is 19.5. The Morgan fingerprint density at radius 3 is 2.79 bits per heavy atom. The lowest BCUT2D eigenvalue weighted by Gasteiger charge is -2.22. The summed E-state index contributed by atoms with van der Waals surface area (Å²) in [4.78, 5) is 16.0. The lowest BCUT2D eigenvalue weighted by atomic mass is 9.95. The fraction of sp³-hybridized carbons (Fsp3) is 0.375. The number of aromatic nitrogens is 1. The van der Waals surface area contributed by atoms with Crippen LogP contribution in [0.5, 0.6) is 5.75 Å². The van der Waals surface area contributed by atoms with Gasteiger partial charge in [0, 0.05) is 23.1 Å². The zero-order chi connectivity index (χ0) is 19.9. The predicted octanol–water partition coefficient (Wildman–Crippen LogP) is 5.11. The lowest BCUT2D eigenvalue weighted by molar-refractivity contribution is 0.102.